The average Bonchev–Trinajstić information content (AvgIpc) is 2.91. The second-order valence-corrected chi connectivity index (χ2v) is 7.02. The zero-order valence-corrected chi connectivity index (χ0v) is 15.3. The molecule has 1 N–H and O–H groups in total. The molecule has 0 saturated carbocycles. The minimum absolute atomic E-state index is 0.182. The maximum absolute atomic E-state index is 12.7. The van der Waals surface area contributed by atoms with E-state index in [4.69, 9.17) is 4.74 Å². The fourth-order valence-corrected chi connectivity index (χ4v) is 3.67. The molecule has 0 radical (unpaired) electrons. The van der Waals surface area contributed by atoms with E-state index in [0.717, 1.165) is 29.7 Å². The second-order valence-electron chi connectivity index (χ2n) is 7.02. The van der Waals surface area contributed by atoms with Gasteiger partial charge in [-0.25, -0.2) is 0 Å². The van der Waals surface area contributed by atoms with Crippen LogP contribution in [0.25, 0.3) is 10.9 Å². The summed E-state index contributed by atoms with van der Waals surface area (Å²) in [6.07, 6.45) is 3.34. The van der Waals surface area contributed by atoms with Crippen molar-refractivity contribution < 1.29 is 9.53 Å². The van der Waals surface area contributed by atoms with Crippen LogP contribution in [0.1, 0.15) is 22.3 Å². The van der Waals surface area contributed by atoms with Crippen LogP contribution >= 0.6 is 0 Å². The molecule has 0 bridgehead atoms. The Morgan fingerprint density at radius 2 is 1.96 bits per heavy atom. The standard InChI is InChI=1S/C22H22N2O3/c1-24-14-18(21(25)17-7-3-4-8-19(17)24)22(26)23-13-15-10-11-27-20-9-5-2-6-16(20)12-15/h2-9,14-15H,10-13H2,1H3,(H,23,26). The number of ether oxygens (including phenoxy) is 1. The Balaban J connectivity index is 1.51. The van der Waals surface area contributed by atoms with Crippen LogP contribution in [0.4, 0.5) is 0 Å². The van der Waals surface area contributed by atoms with Crippen molar-refractivity contribution in [2.24, 2.45) is 13.0 Å². The van der Waals surface area contributed by atoms with Crippen LogP contribution in [0.5, 0.6) is 5.75 Å². The molecule has 1 unspecified atom stereocenters. The lowest BCUT2D eigenvalue weighted by atomic mass is 9.97. The highest BCUT2D eigenvalue weighted by Gasteiger charge is 2.20. The van der Waals surface area contributed by atoms with E-state index in [1.807, 2.05) is 48.0 Å². The van der Waals surface area contributed by atoms with Gasteiger partial charge in [-0.15, -0.1) is 0 Å². The maximum atomic E-state index is 12.7. The number of aromatic nitrogens is 1. The highest BCUT2D eigenvalue weighted by molar-refractivity contribution is 5.97. The van der Waals surface area contributed by atoms with Crippen LogP contribution in [-0.2, 0) is 13.5 Å². The van der Waals surface area contributed by atoms with Crippen LogP contribution in [0.2, 0.25) is 0 Å². The number of fused-ring (bicyclic) bond motifs is 2. The lowest BCUT2D eigenvalue weighted by molar-refractivity contribution is 0.0944. The van der Waals surface area contributed by atoms with Gasteiger partial charge in [0.25, 0.3) is 5.91 Å². The summed E-state index contributed by atoms with van der Waals surface area (Å²) in [7, 11) is 1.85. The lowest BCUT2D eigenvalue weighted by Gasteiger charge is -2.15. The molecule has 5 nitrogen and oxygen atoms in total. The minimum atomic E-state index is -0.320. The van der Waals surface area contributed by atoms with Crippen molar-refractivity contribution in [3.05, 3.63) is 76.1 Å². The van der Waals surface area contributed by atoms with Gasteiger partial charge >= 0.3 is 0 Å². The van der Waals surface area contributed by atoms with Crippen LogP contribution in [0.3, 0.4) is 0 Å². The van der Waals surface area contributed by atoms with Crippen molar-refractivity contribution in [2.45, 2.75) is 12.8 Å². The molecule has 0 spiro atoms. The highest BCUT2D eigenvalue weighted by Crippen LogP contribution is 2.26. The third-order valence-electron chi connectivity index (χ3n) is 5.16. The van der Waals surface area contributed by atoms with Crippen molar-refractivity contribution >= 4 is 16.8 Å². The van der Waals surface area contributed by atoms with Crippen LogP contribution in [0.15, 0.2) is 59.5 Å². The number of nitrogens with one attached hydrogen (secondary N) is 1. The van der Waals surface area contributed by atoms with Gasteiger partial charge < -0.3 is 14.6 Å². The number of rotatable bonds is 3. The van der Waals surface area contributed by atoms with Gasteiger partial charge in [-0.1, -0.05) is 30.3 Å². The van der Waals surface area contributed by atoms with Crippen molar-refractivity contribution in [3.8, 4) is 5.75 Å². The minimum Gasteiger partial charge on any atom is -0.493 e. The Labute approximate surface area is 157 Å². The first kappa shape index (κ1) is 17.3. The van der Waals surface area contributed by atoms with E-state index in [1.54, 1.807) is 12.3 Å². The van der Waals surface area contributed by atoms with E-state index >= 15 is 0 Å². The summed E-state index contributed by atoms with van der Waals surface area (Å²) in [5, 5.41) is 3.51. The molecule has 5 heteroatoms. The third kappa shape index (κ3) is 3.45. The van der Waals surface area contributed by atoms with Gasteiger partial charge in [0, 0.05) is 25.2 Å². The van der Waals surface area contributed by atoms with E-state index < -0.39 is 0 Å². The number of pyridine rings is 1. The summed E-state index contributed by atoms with van der Waals surface area (Å²) >= 11 is 0. The maximum Gasteiger partial charge on any atom is 0.256 e. The summed E-state index contributed by atoms with van der Waals surface area (Å²) in [6.45, 7) is 1.15. The fraction of sp³-hybridized carbons (Fsp3) is 0.273. The van der Waals surface area contributed by atoms with Gasteiger partial charge in [-0.2, -0.15) is 0 Å². The van der Waals surface area contributed by atoms with Gasteiger partial charge in [0.1, 0.15) is 11.3 Å². The van der Waals surface area contributed by atoms with Crippen molar-refractivity contribution in [1.29, 1.82) is 0 Å². The summed E-state index contributed by atoms with van der Waals surface area (Å²) in [6, 6.07) is 15.3. The summed E-state index contributed by atoms with van der Waals surface area (Å²) < 4.78 is 7.61. The quantitative estimate of drug-likeness (QED) is 0.779. The molecule has 0 fully saturated rings. The van der Waals surface area contributed by atoms with Crippen molar-refractivity contribution in [1.82, 2.24) is 9.88 Å². The topological polar surface area (TPSA) is 60.3 Å². The fourth-order valence-electron chi connectivity index (χ4n) is 3.67. The summed E-state index contributed by atoms with van der Waals surface area (Å²) in [4.78, 5) is 25.4. The molecular weight excluding hydrogens is 340 g/mol. The summed E-state index contributed by atoms with van der Waals surface area (Å²) in [5.74, 6) is 0.886. The number of carbonyl (C=O) groups excluding carboxylic acids is 1. The number of hydrogen-bond acceptors (Lipinski definition) is 3. The molecule has 2 heterocycles. The monoisotopic (exact) mass is 362 g/mol. The molecule has 1 amide bonds. The predicted octanol–water partition coefficient (Wildman–Crippen LogP) is 2.91. The number of aryl methyl sites for hydroxylation is 1. The van der Waals surface area contributed by atoms with Gasteiger partial charge in [0.05, 0.1) is 12.1 Å². The number of hydrogen-bond donors (Lipinski definition) is 1. The highest BCUT2D eigenvalue weighted by atomic mass is 16.5. The van der Waals surface area contributed by atoms with E-state index in [2.05, 4.69) is 11.4 Å². The second kappa shape index (κ2) is 7.27. The van der Waals surface area contributed by atoms with E-state index in [1.165, 1.54) is 0 Å². The number of para-hydroxylation sites is 2. The molecule has 1 aliphatic rings. The normalized spacial score (nSPS) is 16.3. The first-order valence-electron chi connectivity index (χ1n) is 9.21. The van der Waals surface area contributed by atoms with Gasteiger partial charge in [-0.05, 0) is 42.5 Å². The number of benzene rings is 2. The van der Waals surface area contributed by atoms with Gasteiger partial charge in [0.15, 0.2) is 0 Å². The zero-order valence-electron chi connectivity index (χ0n) is 15.3. The third-order valence-corrected chi connectivity index (χ3v) is 5.16. The van der Waals surface area contributed by atoms with Gasteiger partial charge in [-0.3, -0.25) is 9.59 Å². The predicted molar refractivity (Wildman–Crippen MR) is 105 cm³/mol. The molecule has 2 aromatic carbocycles. The van der Waals surface area contributed by atoms with Crippen molar-refractivity contribution in [2.75, 3.05) is 13.2 Å². The first-order valence-corrected chi connectivity index (χ1v) is 9.21. The average molecular weight is 362 g/mol. The molecule has 3 aromatic rings. The van der Waals surface area contributed by atoms with Crippen LogP contribution < -0.4 is 15.5 Å². The molecule has 1 aromatic heterocycles. The molecule has 1 atom stereocenters. The smallest absolute Gasteiger partial charge is 0.256 e. The Morgan fingerprint density at radius 3 is 2.85 bits per heavy atom. The Hall–Kier alpha value is -3.08. The van der Waals surface area contributed by atoms with Gasteiger partial charge in [0.2, 0.25) is 5.43 Å². The van der Waals surface area contributed by atoms with Crippen LogP contribution in [-0.4, -0.2) is 23.6 Å². The largest absolute Gasteiger partial charge is 0.493 e. The Morgan fingerprint density at radius 1 is 1.19 bits per heavy atom. The lowest BCUT2D eigenvalue weighted by Crippen LogP contribution is -2.34. The molecular formula is C22H22N2O3. The Kier molecular flexibility index (Phi) is 4.67. The SMILES string of the molecule is Cn1cc(C(=O)NCC2CCOc3ccccc3C2)c(=O)c2ccccc21. The van der Waals surface area contributed by atoms with E-state index in [-0.39, 0.29) is 22.8 Å². The van der Waals surface area contributed by atoms with E-state index in [0.29, 0.717) is 18.5 Å². The molecule has 1 aliphatic heterocycles. The van der Waals surface area contributed by atoms with Crippen molar-refractivity contribution in [3.63, 3.8) is 0 Å². The molecule has 0 saturated heterocycles. The number of amides is 1. The molecule has 27 heavy (non-hydrogen) atoms. The molecule has 0 aliphatic carbocycles. The Bertz CT molecular complexity index is 1050. The molecule has 138 valence electrons. The summed E-state index contributed by atoms with van der Waals surface area (Å²) in [5.41, 5.74) is 1.93. The molecule has 4 rings (SSSR count). The van der Waals surface area contributed by atoms with E-state index in [9.17, 15) is 9.59 Å². The van der Waals surface area contributed by atoms with Crippen LogP contribution in [0, 0.1) is 5.92 Å². The zero-order chi connectivity index (χ0) is 18.8. The number of carbonyl (C=O) groups is 1. The first-order chi connectivity index (χ1) is 13.1. The number of nitrogens with zero attached hydrogens (tertiary/aromatic N) is 1.